The van der Waals surface area contributed by atoms with Crippen LogP contribution in [0.5, 0.6) is 0 Å². The van der Waals surface area contributed by atoms with Crippen LogP contribution in [0.2, 0.25) is 0 Å². The molecule has 6 nitrogen and oxygen atoms in total. The van der Waals surface area contributed by atoms with E-state index in [1.54, 1.807) is 29.2 Å². The van der Waals surface area contributed by atoms with E-state index < -0.39 is 17.9 Å². The number of carbonyl (C=O) groups is 3. The van der Waals surface area contributed by atoms with Gasteiger partial charge in [0.05, 0.1) is 0 Å². The molecule has 6 heteroatoms. The maximum atomic E-state index is 12.2. The Kier molecular flexibility index (Phi) is 7.95. The van der Waals surface area contributed by atoms with Gasteiger partial charge in [0, 0.05) is 24.2 Å². The molecule has 0 aliphatic carbocycles. The highest BCUT2D eigenvalue weighted by atomic mass is 16.4. The summed E-state index contributed by atoms with van der Waals surface area (Å²) in [6, 6.07) is 5.39. The minimum Gasteiger partial charge on any atom is -0.480 e. The van der Waals surface area contributed by atoms with Crippen molar-refractivity contribution < 1.29 is 19.5 Å². The third-order valence-electron chi connectivity index (χ3n) is 3.89. The second-order valence-corrected chi connectivity index (χ2v) is 5.56. The first-order valence-corrected chi connectivity index (χ1v) is 8.37. The van der Waals surface area contributed by atoms with Crippen molar-refractivity contribution in [2.45, 2.75) is 46.1 Å². The monoisotopic (exact) mass is 334 g/mol. The van der Waals surface area contributed by atoms with E-state index in [2.05, 4.69) is 5.32 Å². The molecule has 132 valence electrons. The molecule has 0 aliphatic rings. The lowest BCUT2D eigenvalue weighted by Crippen LogP contribution is -2.40. The molecule has 1 rings (SSSR count). The van der Waals surface area contributed by atoms with Crippen molar-refractivity contribution in [1.29, 1.82) is 0 Å². The number of aliphatic carboxylic acids is 1. The zero-order valence-electron chi connectivity index (χ0n) is 14.5. The second-order valence-electron chi connectivity index (χ2n) is 5.56. The third kappa shape index (κ3) is 5.37. The fourth-order valence-corrected chi connectivity index (χ4v) is 2.36. The summed E-state index contributed by atoms with van der Waals surface area (Å²) in [5.41, 5.74) is 0.852. The topological polar surface area (TPSA) is 86.7 Å². The van der Waals surface area contributed by atoms with Crippen LogP contribution in [0.1, 0.15) is 60.7 Å². The minimum absolute atomic E-state index is 0.0849. The maximum Gasteiger partial charge on any atom is 0.326 e. The fraction of sp³-hybridized carbons (Fsp3) is 0.500. The Morgan fingerprint density at radius 2 is 1.58 bits per heavy atom. The van der Waals surface area contributed by atoms with Gasteiger partial charge in [-0.1, -0.05) is 19.8 Å². The van der Waals surface area contributed by atoms with Crippen LogP contribution >= 0.6 is 0 Å². The summed E-state index contributed by atoms with van der Waals surface area (Å²) in [5, 5.41) is 11.7. The third-order valence-corrected chi connectivity index (χ3v) is 3.89. The summed E-state index contributed by atoms with van der Waals surface area (Å²) in [4.78, 5) is 37.3. The van der Waals surface area contributed by atoms with E-state index in [9.17, 15) is 14.4 Å². The summed E-state index contributed by atoms with van der Waals surface area (Å²) < 4.78 is 0. The number of hydrogen-bond donors (Lipinski definition) is 2. The molecule has 0 bridgehead atoms. The van der Waals surface area contributed by atoms with Gasteiger partial charge in [-0.2, -0.15) is 0 Å². The molecule has 0 saturated carbocycles. The Bertz CT molecular complexity index is 565. The average Bonchev–Trinajstić information content (AvgIpc) is 2.59. The van der Waals surface area contributed by atoms with Crippen LogP contribution in [0.3, 0.4) is 0 Å². The number of nitrogens with zero attached hydrogens (tertiary/aromatic N) is 1. The number of hydrogen-bond acceptors (Lipinski definition) is 3. The highest BCUT2D eigenvalue weighted by Gasteiger charge is 2.20. The second kappa shape index (κ2) is 9.70. The van der Waals surface area contributed by atoms with Crippen molar-refractivity contribution in [1.82, 2.24) is 10.2 Å². The molecule has 0 spiro atoms. The zero-order valence-corrected chi connectivity index (χ0v) is 14.5. The van der Waals surface area contributed by atoms with Crippen molar-refractivity contribution in [2.24, 2.45) is 0 Å². The Hall–Kier alpha value is -2.37. The average molecular weight is 334 g/mol. The van der Waals surface area contributed by atoms with E-state index in [1.807, 2.05) is 20.8 Å². The Morgan fingerprint density at radius 1 is 1.04 bits per heavy atom. The van der Waals surface area contributed by atoms with Crippen LogP contribution in [0.15, 0.2) is 24.3 Å². The lowest BCUT2D eigenvalue weighted by molar-refractivity contribution is -0.139. The Balaban J connectivity index is 2.79. The summed E-state index contributed by atoms with van der Waals surface area (Å²) in [6.45, 7) is 7.02. The highest BCUT2D eigenvalue weighted by Crippen LogP contribution is 2.09. The predicted octanol–water partition coefficient (Wildman–Crippen LogP) is 2.54. The largest absolute Gasteiger partial charge is 0.480 e. The van der Waals surface area contributed by atoms with Gasteiger partial charge in [0.2, 0.25) is 0 Å². The molecule has 0 saturated heterocycles. The quantitative estimate of drug-likeness (QED) is 0.726. The molecule has 0 aromatic heterocycles. The van der Waals surface area contributed by atoms with Gasteiger partial charge in [0.25, 0.3) is 11.8 Å². The lowest BCUT2D eigenvalue weighted by Gasteiger charge is -2.18. The van der Waals surface area contributed by atoms with Crippen LogP contribution in [-0.4, -0.2) is 46.9 Å². The van der Waals surface area contributed by atoms with Gasteiger partial charge in [-0.15, -0.1) is 0 Å². The molecule has 0 radical (unpaired) electrons. The molecule has 0 aliphatic heterocycles. The van der Waals surface area contributed by atoms with E-state index in [0.29, 0.717) is 30.6 Å². The maximum absolute atomic E-state index is 12.2. The Morgan fingerprint density at radius 3 is 2.04 bits per heavy atom. The number of carbonyl (C=O) groups excluding carboxylic acids is 2. The molecule has 2 N–H and O–H groups in total. The molecule has 1 aromatic rings. The summed E-state index contributed by atoms with van der Waals surface area (Å²) in [5.74, 6) is -1.57. The van der Waals surface area contributed by atoms with E-state index in [4.69, 9.17) is 5.11 Å². The SMILES string of the molecule is CCCCC(NC(=O)c1ccc(C(=O)N(CC)CC)cc1)C(=O)O. The lowest BCUT2D eigenvalue weighted by atomic mass is 10.1. The minimum atomic E-state index is -1.04. The van der Waals surface area contributed by atoms with Crippen LogP contribution in [0.25, 0.3) is 0 Å². The van der Waals surface area contributed by atoms with Crippen LogP contribution in [0, 0.1) is 0 Å². The molecular weight excluding hydrogens is 308 g/mol. The highest BCUT2D eigenvalue weighted by molar-refractivity contribution is 5.99. The predicted molar refractivity (Wildman–Crippen MR) is 92.1 cm³/mol. The number of rotatable bonds is 9. The number of benzene rings is 1. The van der Waals surface area contributed by atoms with Gasteiger partial charge in [-0.25, -0.2) is 4.79 Å². The summed E-state index contributed by atoms with van der Waals surface area (Å²) in [7, 11) is 0. The zero-order chi connectivity index (χ0) is 18.1. The molecule has 1 aromatic carbocycles. The van der Waals surface area contributed by atoms with Gasteiger partial charge in [-0.05, 0) is 44.5 Å². The normalized spacial score (nSPS) is 11.6. The molecule has 24 heavy (non-hydrogen) atoms. The van der Waals surface area contributed by atoms with Crippen LogP contribution in [0.4, 0.5) is 0 Å². The van der Waals surface area contributed by atoms with Crippen LogP contribution in [-0.2, 0) is 4.79 Å². The van der Waals surface area contributed by atoms with Gasteiger partial charge >= 0.3 is 5.97 Å². The van der Waals surface area contributed by atoms with Gasteiger partial charge in [0.15, 0.2) is 0 Å². The van der Waals surface area contributed by atoms with Gasteiger partial charge in [-0.3, -0.25) is 9.59 Å². The van der Waals surface area contributed by atoms with Gasteiger partial charge < -0.3 is 15.3 Å². The van der Waals surface area contributed by atoms with Gasteiger partial charge in [0.1, 0.15) is 6.04 Å². The van der Waals surface area contributed by atoms with Crippen molar-refractivity contribution >= 4 is 17.8 Å². The molecule has 1 unspecified atom stereocenters. The molecule has 0 fully saturated rings. The van der Waals surface area contributed by atoms with Crippen molar-refractivity contribution in [3.05, 3.63) is 35.4 Å². The fourth-order valence-electron chi connectivity index (χ4n) is 2.36. The van der Waals surface area contributed by atoms with Crippen molar-refractivity contribution in [2.75, 3.05) is 13.1 Å². The van der Waals surface area contributed by atoms with E-state index >= 15 is 0 Å². The summed E-state index contributed by atoms with van der Waals surface area (Å²) in [6.07, 6.45) is 1.99. The van der Waals surface area contributed by atoms with E-state index in [-0.39, 0.29) is 5.91 Å². The molecule has 0 heterocycles. The van der Waals surface area contributed by atoms with Crippen molar-refractivity contribution in [3.8, 4) is 0 Å². The smallest absolute Gasteiger partial charge is 0.326 e. The number of unbranched alkanes of at least 4 members (excludes halogenated alkanes) is 1. The van der Waals surface area contributed by atoms with E-state index in [1.165, 1.54) is 0 Å². The van der Waals surface area contributed by atoms with Crippen molar-refractivity contribution in [3.63, 3.8) is 0 Å². The standard InChI is InChI=1S/C18H26N2O4/c1-4-7-8-15(18(23)24)19-16(21)13-9-11-14(12-10-13)17(22)20(5-2)6-3/h9-12,15H,4-8H2,1-3H3,(H,19,21)(H,23,24). The number of carboxylic acids is 1. The molecule has 2 amide bonds. The first-order valence-electron chi connectivity index (χ1n) is 8.37. The molecule has 1 atom stereocenters. The van der Waals surface area contributed by atoms with E-state index in [0.717, 1.165) is 12.8 Å². The number of nitrogens with one attached hydrogen (secondary N) is 1. The van der Waals surface area contributed by atoms with Crippen LogP contribution < -0.4 is 5.32 Å². The number of amides is 2. The Labute approximate surface area is 142 Å². The first-order chi connectivity index (χ1) is 11.4. The summed E-state index contributed by atoms with van der Waals surface area (Å²) >= 11 is 0. The number of carboxylic acid groups (broad SMARTS) is 1. The molecular formula is C18H26N2O4. The first kappa shape index (κ1) is 19.7.